The highest BCUT2D eigenvalue weighted by molar-refractivity contribution is 5.94. The first-order valence-corrected chi connectivity index (χ1v) is 13.3. The standard InChI is InChI=1S/C33H33N3O4/c1-22(35(21-27-9-8-20-40-27)31(37)23-12-14-24(15-13-23)33(2,3)4)30-34-29-11-7-6-10-28(29)32(38)36(30)25-16-18-26(39-5)19-17-25/h6-20,22H,21H2,1-5H3. The summed E-state index contributed by atoms with van der Waals surface area (Å²) in [6, 6.07) is 25.2. The number of rotatable bonds is 7. The number of nitrogens with zero attached hydrogens (tertiary/aromatic N) is 3. The highest BCUT2D eigenvalue weighted by atomic mass is 16.5. The molecule has 2 heterocycles. The van der Waals surface area contributed by atoms with Crippen LogP contribution >= 0.6 is 0 Å². The molecule has 1 unspecified atom stereocenters. The van der Waals surface area contributed by atoms with E-state index in [1.165, 1.54) is 0 Å². The van der Waals surface area contributed by atoms with Crippen LogP contribution in [0.2, 0.25) is 0 Å². The summed E-state index contributed by atoms with van der Waals surface area (Å²) in [5.74, 6) is 1.56. The molecule has 0 saturated carbocycles. The second kappa shape index (κ2) is 10.8. The summed E-state index contributed by atoms with van der Waals surface area (Å²) in [6.45, 7) is 8.51. The number of aromatic nitrogens is 2. The number of hydrogen-bond donors (Lipinski definition) is 0. The molecule has 7 nitrogen and oxygen atoms in total. The van der Waals surface area contributed by atoms with Gasteiger partial charge in [0.2, 0.25) is 0 Å². The maximum absolute atomic E-state index is 14.1. The molecule has 0 fully saturated rings. The van der Waals surface area contributed by atoms with E-state index in [0.717, 1.165) is 5.56 Å². The molecule has 0 bridgehead atoms. The molecule has 0 aliphatic carbocycles. The van der Waals surface area contributed by atoms with Crippen molar-refractivity contribution in [2.24, 2.45) is 0 Å². The minimum absolute atomic E-state index is 0.0355. The van der Waals surface area contributed by atoms with Crippen molar-refractivity contribution >= 4 is 16.8 Å². The molecule has 3 aromatic carbocycles. The Morgan fingerprint density at radius 3 is 2.30 bits per heavy atom. The fourth-order valence-corrected chi connectivity index (χ4v) is 4.78. The molecule has 1 amide bonds. The maximum Gasteiger partial charge on any atom is 0.266 e. The van der Waals surface area contributed by atoms with E-state index in [0.29, 0.717) is 39.5 Å². The Balaban J connectivity index is 1.65. The third kappa shape index (κ3) is 5.27. The second-order valence-electron chi connectivity index (χ2n) is 10.8. The van der Waals surface area contributed by atoms with Gasteiger partial charge in [0.25, 0.3) is 11.5 Å². The van der Waals surface area contributed by atoms with Crippen LogP contribution in [0.3, 0.4) is 0 Å². The van der Waals surface area contributed by atoms with Gasteiger partial charge in [0.05, 0.1) is 42.5 Å². The van der Waals surface area contributed by atoms with Gasteiger partial charge in [-0.2, -0.15) is 0 Å². The van der Waals surface area contributed by atoms with Crippen LogP contribution in [0.1, 0.15) is 61.2 Å². The van der Waals surface area contributed by atoms with Gasteiger partial charge in [0, 0.05) is 5.56 Å². The average Bonchev–Trinajstić information content (AvgIpc) is 3.48. The largest absolute Gasteiger partial charge is 0.497 e. The number of para-hydroxylation sites is 1. The van der Waals surface area contributed by atoms with Crippen molar-refractivity contribution in [3.63, 3.8) is 0 Å². The highest BCUT2D eigenvalue weighted by Crippen LogP contribution is 2.28. The molecule has 7 heteroatoms. The molecule has 204 valence electrons. The van der Waals surface area contributed by atoms with E-state index < -0.39 is 6.04 Å². The minimum atomic E-state index is -0.584. The van der Waals surface area contributed by atoms with E-state index in [1.54, 1.807) is 47.1 Å². The minimum Gasteiger partial charge on any atom is -0.497 e. The molecule has 0 aliphatic heterocycles. The van der Waals surface area contributed by atoms with Crippen LogP contribution < -0.4 is 10.3 Å². The van der Waals surface area contributed by atoms with E-state index in [4.69, 9.17) is 14.1 Å². The molecule has 5 rings (SSSR count). The lowest BCUT2D eigenvalue weighted by Crippen LogP contribution is -2.37. The van der Waals surface area contributed by atoms with Gasteiger partial charge in [-0.1, -0.05) is 45.0 Å². The molecule has 2 aromatic heterocycles. The topological polar surface area (TPSA) is 77.6 Å². The van der Waals surface area contributed by atoms with E-state index >= 15 is 0 Å². The Morgan fingerprint density at radius 1 is 0.975 bits per heavy atom. The molecule has 5 aromatic rings. The van der Waals surface area contributed by atoms with Crippen molar-refractivity contribution < 1.29 is 13.9 Å². The molecular formula is C33H33N3O4. The third-order valence-electron chi connectivity index (χ3n) is 7.14. The number of methoxy groups -OCH3 is 1. The summed E-state index contributed by atoms with van der Waals surface area (Å²) < 4.78 is 12.5. The van der Waals surface area contributed by atoms with Crippen molar-refractivity contribution in [1.29, 1.82) is 0 Å². The molecule has 0 saturated heterocycles. The predicted octanol–water partition coefficient (Wildman–Crippen LogP) is 6.69. The van der Waals surface area contributed by atoms with Gasteiger partial charge in [-0.15, -0.1) is 0 Å². The first-order valence-electron chi connectivity index (χ1n) is 13.3. The second-order valence-corrected chi connectivity index (χ2v) is 10.8. The molecule has 40 heavy (non-hydrogen) atoms. The summed E-state index contributed by atoms with van der Waals surface area (Å²) in [7, 11) is 1.60. The summed E-state index contributed by atoms with van der Waals surface area (Å²) in [5.41, 5.74) is 2.64. The van der Waals surface area contributed by atoms with Crippen LogP contribution in [0.25, 0.3) is 16.6 Å². The zero-order valence-electron chi connectivity index (χ0n) is 23.4. The lowest BCUT2D eigenvalue weighted by atomic mass is 9.86. The number of fused-ring (bicyclic) bond motifs is 1. The molecule has 0 N–H and O–H groups in total. The molecule has 1 atom stereocenters. The first-order chi connectivity index (χ1) is 19.2. The van der Waals surface area contributed by atoms with Crippen LogP contribution in [0.4, 0.5) is 0 Å². The van der Waals surface area contributed by atoms with Crippen molar-refractivity contribution in [2.75, 3.05) is 7.11 Å². The zero-order valence-corrected chi connectivity index (χ0v) is 23.4. The Labute approximate surface area is 233 Å². The zero-order chi connectivity index (χ0) is 28.4. The number of hydrogen-bond acceptors (Lipinski definition) is 5. The predicted molar refractivity (Wildman–Crippen MR) is 156 cm³/mol. The van der Waals surface area contributed by atoms with Crippen molar-refractivity contribution in [2.45, 2.75) is 45.7 Å². The number of carbonyl (C=O) groups excluding carboxylic acids is 1. The lowest BCUT2D eigenvalue weighted by Gasteiger charge is -2.30. The summed E-state index contributed by atoms with van der Waals surface area (Å²) in [5, 5.41) is 0.496. The normalized spacial score (nSPS) is 12.3. The Morgan fingerprint density at radius 2 is 1.68 bits per heavy atom. The van der Waals surface area contributed by atoms with Crippen molar-refractivity contribution in [1.82, 2.24) is 14.5 Å². The van der Waals surface area contributed by atoms with Crippen molar-refractivity contribution in [3.05, 3.63) is 124 Å². The number of ether oxygens (including phenoxy) is 1. The van der Waals surface area contributed by atoms with E-state index in [9.17, 15) is 9.59 Å². The van der Waals surface area contributed by atoms with Gasteiger partial charge >= 0.3 is 0 Å². The number of carbonyl (C=O) groups is 1. The van der Waals surface area contributed by atoms with Gasteiger partial charge in [-0.25, -0.2) is 4.98 Å². The fraction of sp³-hybridized carbons (Fsp3) is 0.242. The number of furan rings is 1. The van der Waals surface area contributed by atoms with Crippen LogP contribution in [-0.2, 0) is 12.0 Å². The first kappa shape index (κ1) is 26.9. The number of benzene rings is 3. The van der Waals surface area contributed by atoms with E-state index in [1.807, 2.05) is 67.6 Å². The van der Waals surface area contributed by atoms with E-state index in [2.05, 4.69) is 20.8 Å². The molecule has 0 spiro atoms. The highest BCUT2D eigenvalue weighted by Gasteiger charge is 2.29. The van der Waals surface area contributed by atoms with Gasteiger partial charge in [-0.05, 0) is 78.6 Å². The van der Waals surface area contributed by atoms with Gasteiger partial charge in [0.15, 0.2) is 0 Å². The molecular weight excluding hydrogens is 502 g/mol. The van der Waals surface area contributed by atoms with Crippen LogP contribution in [-0.4, -0.2) is 27.5 Å². The van der Waals surface area contributed by atoms with Crippen LogP contribution in [0.5, 0.6) is 5.75 Å². The van der Waals surface area contributed by atoms with Crippen LogP contribution in [0.15, 0.2) is 100 Å². The molecule has 0 aliphatic rings. The summed E-state index contributed by atoms with van der Waals surface area (Å²) in [6.07, 6.45) is 1.59. The Hall–Kier alpha value is -4.65. The van der Waals surface area contributed by atoms with Gasteiger partial charge < -0.3 is 14.1 Å². The third-order valence-corrected chi connectivity index (χ3v) is 7.14. The molecule has 0 radical (unpaired) electrons. The maximum atomic E-state index is 14.1. The van der Waals surface area contributed by atoms with Gasteiger partial charge in [-0.3, -0.25) is 14.2 Å². The number of amides is 1. The van der Waals surface area contributed by atoms with Crippen molar-refractivity contribution in [3.8, 4) is 11.4 Å². The Kier molecular flexibility index (Phi) is 7.30. The van der Waals surface area contributed by atoms with Gasteiger partial charge in [0.1, 0.15) is 17.3 Å². The fourth-order valence-electron chi connectivity index (χ4n) is 4.78. The monoisotopic (exact) mass is 535 g/mol. The Bertz CT molecular complexity index is 1680. The SMILES string of the molecule is COc1ccc(-n2c(C(C)N(Cc3ccco3)C(=O)c3ccc(C(C)(C)C)cc3)nc3ccccc3c2=O)cc1. The quantitative estimate of drug-likeness (QED) is 0.232. The summed E-state index contributed by atoms with van der Waals surface area (Å²) in [4.78, 5) is 34.6. The summed E-state index contributed by atoms with van der Waals surface area (Å²) >= 11 is 0. The smallest absolute Gasteiger partial charge is 0.266 e. The van der Waals surface area contributed by atoms with Crippen LogP contribution in [0, 0.1) is 0 Å². The average molecular weight is 536 g/mol. The lowest BCUT2D eigenvalue weighted by molar-refractivity contribution is 0.0648. The van der Waals surface area contributed by atoms with E-state index in [-0.39, 0.29) is 23.4 Å².